The lowest BCUT2D eigenvalue weighted by Gasteiger charge is -2.34. The summed E-state index contributed by atoms with van der Waals surface area (Å²) in [4.78, 5) is 27.6. The highest BCUT2D eigenvalue weighted by molar-refractivity contribution is 5.96. The molecule has 1 amide bonds. The van der Waals surface area contributed by atoms with E-state index in [0.29, 0.717) is 49.6 Å². The molecule has 7 nitrogen and oxygen atoms in total. The number of amides is 1. The third-order valence-electron chi connectivity index (χ3n) is 3.72. The van der Waals surface area contributed by atoms with Crippen molar-refractivity contribution in [1.29, 1.82) is 0 Å². The van der Waals surface area contributed by atoms with Gasteiger partial charge in [-0.15, -0.1) is 0 Å². The van der Waals surface area contributed by atoms with Crippen LogP contribution in [0.15, 0.2) is 4.52 Å². The molecule has 1 aliphatic rings. The number of carbonyl (C=O) groups excluding carboxylic acids is 2. The van der Waals surface area contributed by atoms with Crippen molar-refractivity contribution in [3.05, 3.63) is 17.0 Å². The minimum absolute atomic E-state index is 0.0386. The molecule has 1 fully saturated rings. The van der Waals surface area contributed by atoms with E-state index in [-0.39, 0.29) is 18.4 Å². The van der Waals surface area contributed by atoms with Gasteiger partial charge in [0.2, 0.25) is 0 Å². The zero-order valence-electron chi connectivity index (χ0n) is 12.7. The van der Waals surface area contributed by atoms with Crippen molar-refractivity contribution in [3.8, 4) is 0 Å². The van der Waals surface area contributed by atoms with Crippen LogP contribution in [-0.4, -0.2) is 66.7 Å². The summed E-state index contributed by atoms with van der Waals surface area (Å²) in [5.41, 5.74) is 1.29. The number of hydrogen-bond donors (Lipinski definition) is 0. The summed E-state index contributed by atoms with van der Waals surface area (Å²) < 4.78 is 9.77. The van der Waals surface area contributed by atoms with Crippen LogP contribution in [0.25, 0.3) is 0 Å². The summed E-state index contributed by atoms with van der Waals surface area (Å²) in [7, 11) is 1.38. The Morgan fingerprint density at radius 2 is 1.95 bits per heavy atom. The highest BCUT2D eigenvalue weighted by atomic mass is 16.5. The van der Waals surface area contributed by atoms with Crippen molar-refractivity contribution in [2.75, 3.05) is 39.8 Å². The molecule has 0 aromatic carbocycles. The molecule has 1 aromatic rings. The van der Waals surface area contributed by atoms with Crippen LogP contribution < -0.4 is 0 Å². The molecule has 0 atom stereocenters. The van der Waals surface area contributed by atoms with E-state index in [4.69, 9.17) is 4.52 Å². The van der Waals surface area contributed by atoms with Crippen molar-refractivity contribution in [3.63, 3.8) is 0 Å². The van der Waals surface area contributed by atoms with Crippen LogP contribution in [0.2, 0.25) is 0 Å². The van der Waals surface area contributed by atoms with E-state index < -0.39 is 0 Å². The zero-order valence-corrected chi connectivity index (χ0v) is 12.7. The second kappa shape index (κ2) is 6.71. The number of rotatable bonds is 4. The van der Waals surface area contributed by atoms with E-state index >= 15 is 0 Å². The first-order valence-corrected chi connectivity index (χ1v) is 7.10. The predicted molar refractivity (Wildman–Crippen MR) is 75.0 cm³/mol. The standard InChI is InChI=1S/C14H21N3O4/c1-4-11-13(10(2)21-15-11)14(19)17-7-5-16(6-8-17)9-12(18)20-3/h4-9H2,1-3H3. The summed E-state index contributed by atoms with van der Waals surface area (Å²) in [5.74, 6) is 0.273. The molecule has 0 saturated carbocycles. The van der Waals surface area contributed by atoms with Gasteiger partial charge in [-0.25, -0.2) is 0 Å². The van der Waals surface area contributed by atoms with Gasteiger partial charge in [0.15, 0.2) is 0 Å². The average Bonchev–Trinajstić information content (AvgIpc) is 2.88. The van der Waals surface area contributed by atoms with Gasteiger partial charge in [0.25, 0.3) is 5.91 Å². The Hall–Kier alpha value is -1.89. The molecule has 1 aromatic heterocycles. The second-order valence-corrected chi connectivity index (χ2v) is 5.06. The van der Waals surface area contributed by atoms with E-state index in [1.54, 1.807) is 11.8 Å². The number of ether oxygens (including phenoxy) is 1. The summed E-state index contributed by atoms with van der Waals surface area (Å²) in [6, 6.07) is 0. The molecule has 2 heterocycles. The monoisotopic (exact) mass is 295 g/mol. The Kier molecular flexibility index (Phi) is 4.95. The van der Waals surface area contributed by atoms with E-state index in [0.717, 1.165) is 0 Å². The Labute approximate surface area is 123 Å². The first-order valence-electron chi connectivity index (χ1n) is 7.10. The lowest BCUT2D eigenvalue weighted by molar-refractivity contribution is -0.142. The number of aromatic nitrogens is 1. The fraction of sp³-hybridized carbons (Fsp3) is 0.643. The van der Waals surface area contributed by atoms with Gasteiger partial charge < -0.3 is 14.2 Å². The summed E-state index contributed by atoms with van der Waals surface area (Å²) in [5, 5.41) is 3.92. The fourth-order valence-electron chi connectivity index (χ4n) is 2.45. The van der Waals surface area contributed by atoms with Crippen molar-refractivity contribution in [2.24, 2.45) is 0 Å². The van der Waals surface area contributed by atoms with Crippen LogP contribution in [0.1, 0.15) is 28.7 Å². The minimum atomic E-state index is -0.252. The Morgan fingerprint density at radius 1 is 1.29 bits per heavy atom. The molecule has 0 N–H and O–H groups in total. The number of carbonyl (C=O) groups is 2. The number of aryl methyl sites for hydroxylation is 2. The molecule has 0 unspecified atom stereocenters. The van der Waals surface area contributed by atoms with E-state index in [2.05, 4.69) is 9.89 Å². The minimum Gasteiger partial charge on any atom is -0.468 e. The van der Waals surface area contributed by atoms with Crippen molar-refractivity contribution < 1.29 is 18.8 Å². The van der Waals surface area contributed by atoms with Gasteiger partial charge in [0, 0.05) is 26.2 Å². The highest BCUT2D eigenvalue weighted by Crippen LogP contribution is 2.17. The molecule has 21 heavy (non-hydrogen) atoms. The fourth-order valence-corrected chi connectivity index (χ4v) is 2.45. The second-order valence-electron chi connectivity index (χ2n) is 5.06. The third kappa shape index (κ3) is 3.41. The van der Waals surface area contributed by atoms with Gasteiger partial charge in [-0.05, 0) is 13.3 Å². The van der Waals surface area contributed by atoms with Crippen molar-refractivity contribution in [1.82, 2.24) is 15.0 Å². The quantitative estimate of drug-likeness (QED) is 0.752. The lowest BCUT2D eigenvalue weighted by atomic mass is 10.1. The number of esters is 1. The first-order chi connectivity index (χ1) is 10.1. The maximum atomic E-state index is 12.6. The molecular weight excluding hydrogens is 274 g/mol. The SMILES string of the molecule is CCc1noc(C)c1C(=O)N1CCN(CC(=O)OC)CC1. The first kappa shape index (κ1) is 15.5. The van der Waals surface area contributed by atoms with Gasteiger partial charge in [-0.1, -0.05) is 12.1 Å². The Balaban J connectivity index is 1.97. The average molecular weight is 295 g/mol. The predicted octanol–water partition coefficient (Wildman–Crippen LogP) is 0.476. The van der Waals surface area contributed by atoms with Crippen molar-refractivity contribution >= 4 is 11.9 Å². The third-order valence-corrected chi connectivity index (χ3v) is 3.72. The summed E-state index contributed by atoms with van der Waals surface area (Å²) in [6.45, 7) is 6.47. The van der Waals surface area contributed by atoms with Gasteiger partial charge >= 0.3 is 5.97 Å². The number of hydrogen-bond acceptors (Lipinski definition) is 6. The number of methoxy groups -OCH3 is 1. The van der Waals surface area contributed by atoms with Gasteiger partial charge in [-0.3, -0.25) is 14.5 Å². The van der Waals surface area contributed by atoms with Crippen LogP contribution in [0.5, 0.6) is 0 Å². The van der Waals surface area contributed by atoms with E-state index in [1.165, 1.54) is 7.11 Å². The zero-order chi connectivity index (χ0) is 15.4. The van der Waals surface area contributed by atoms with E-state index in [1.807, 2.05) is 11.8 Å². The van der Waals surface area contributed by atoms with Crippen LogP contribution in [0, 0.1) is 6.92 Å². The van der Waals surface area contributed by atoms with Crippen LogP contribution in [0.3, 0.4) is 0 Å². The van der Waals surface area contributed by atoms with Gasteiger partial charge in [-0.2, -0.15) is 0 Å². The van der Waals surface area contributed by atoms with Crippen LogP contribution in [-0.2, 0) is 16.0 Å². The Bertz CT molecular complexity index is 518. The molecule has 0 spiro atoms. The summed E-state index contributed by atoms with van der Waals surface area (Å²) >= 11 is 0. The maximum Gasteiger partial charge on any atom is 0.319 e. The molecular formula is C14H21N3O4. The lowest BCUT2D eigenvalue weighted by Crippen LogP contribution is -2.50. The Morgan fingerprint density at radius 3 is 2.52 bits per heavy atom. The summed E-state index contributed by atoms with van der Waals surface area (Å²) in [6.07, 6.45) is 0.667. The molecule has 1 aliphatic heterocycles. The number of piperazine rings is 1. The van der Waals surface area contributed by atoms with Crippen LogP contribution >= 0.6 is 0 Å². The largest absolute Gasteiger partial charge is 0.468 e. The molecule has 0 aliphatic carbocycles. The molecule has 1 saturated heterocycles. The number of nitrogens with zero attached hydrogens (tertiary/aromatic N) is 3. The molecule has 7 heteroatoms. The molecule has 116 valence electrons. The molecule has 0 radical (unpaired) electrons. The normalized spacial score (nSPS) is 16.0. The molecule has 0 bridgehead atoms. The van der Waals surface area contributed by atoms with Gasteiger partial charge in [0.05, 0.1) is 19.3 Å². The smallest absolute Gasteiger partial charge is 0.319 e. The topological polar surface area (TPSA) is 75.9 Å². The molecule has 2 rings (SSSR count). The van der Waals surface area contributed by atoms with Crippen molar-refractivity contribution in [2.45, 2.75) is 20.3 Å². The highest BCUT2D eigenvalue weighted by Gasteiger charge is 2.27. The van der Waals surface area contributed by atoms with E-state index in [9.17, 15) is 9.59 Å². The van der Waals surface area contributed by atoms with Crippen LogP contribution in [0.4, 0.5) is 0 Å². The van der Waals surface area contributed by atoms with Gasteiger partial charge in [0.1, 0.15) is 11.3 Å². The maximum absolute atomic E-state index is 12.6.